The van der Waals surface area contributed by atoms with Crippen molar-refractivity contribution in [1.82, 2.24) is 4.90 Å². The van der Waals surface area contributed by atoms with Gasteiger partial charge in [0, 0.05) is 12.6 Å². The van der Waals surface area contributed by atoms with Crippen molar-refractivity contribution in [2.75, 3.05) is 7.05 Å². The molecule has 0 aromatic heterocycles. The summed E-state index contributed by atoms with van der Waals surface area (Å²) in [5.41, 5.74) is 6.08. The molecule has 1 atom stereocenters. The van der Waals surface area contributed by atoms with E-state index in [4.69, 9.17) is 18.0 Å². The first-order valence-corrected chi connectivity index (χ1v) is 5.66. The van der Waals surface area contributed by atoms with E-state index in [1.165, 1.54) is 4.90 Å². The third kappa shape index (κ3) is 3.42. The second kappa shape index (κ2) is 5.63. The van der Waals surface area contributed by atoms with Crippen LogP contribution < -0.4 is 5.73 Å². The van der Waals surface area contributed by atoms with Gasteiger partial charge in [0.05, 0.1) is 17.5 Å². The lowest BCUT2D eigenvalue weighted by molar-refractivity contribution is -0.129. The number of benzene rings is 1. The number of nitrogens with zero attached hydrogens (tertiary/aromatic N) is 1. The van der Waals surface area contributed by atoms with Crippen molar-refractivity contribution in [3.05, 3.63) is 29.8 Å². The van der Waals surface area contributed by atoms with Crippen LogP contribution in [0.1, 0.15) is 12.5 Å². The molecule has 1 amide bonds. The second-order valence-electron chi connectivity index (χ2n) is 3.89. The highest BCUT2D eigenvalue weighted by Gasteiger charge is 2.18. The van der Waals surface area contributed by atoms with Gasteiger partial charge < -0.3 is 15.7 Å². The summed E-state index contributed by atoms with van der Waals surface area (Å²) >= 11 is 4.84. The number of carbonyl (C=O) groups excluding carboxylic acids is 1. The van der Waals surface area contributed by atoms with Gasteiger partial charge in [-0.3, -0.25) is 4.79 Å². The van der Waals surface area contributed by atoms with E-state index in [-0.39, 0.29) is 29.1 Å². The molecule has 92 valence electrons. The summed E-state index contributed by atoms with van der Waals surface area (Å²) in [6.45, 7) is 1.77. The van der Waals surface area contributed by atoms with Gasteiger partial charge in [-0.15, -0.1) is 0 Å². The number of para-hydroxylation sites is 1. The standard InChI is InChI=1S/C12H16N2O2S/c1-8(12(13)17)14(2)11(16)7-9-5-3-4-6-10(9)15/h3-6,8,15H,7H2,1-2H3,(H2,13,17). The van der Waals surface area contributed by atoms with Gasteiger partial charge in [-0.25, -0.2) is 0 Å². The third-order valence-corrected chi connectivity index (χ3v) is 3.06. The minimum atomic E-state index is -0.289. The number of nitrogens with two attached hydrogens (primary N) is 1. The van der Waals surface area contributed by atoms with E-state index < -0.39 is 0 Å². The molecule has 5 heteroatoms. The molecule has 0 saturated heterocycles. The van der Waals surface area contributed by atoms with Gasteiger partial charge in [0.25, 0.3) is 0 Å². The Bertz CT molecular complexity index is 434. The van der Waals surface area contributed by atoms with Crippen LogP contribution in [-0.2, 0) is 11.2 Å². The fourth-order valence-electron chi connectivity index (χ4n) is 1.35. The first kappa shape index (κ1) is 13.4. The van der Waals surface area contributed by atoms with Crippen molar-refractivity contribution in [2.24, 2.45) is 5.73 Å². The summed E-state index contributed by atoms with van der Waals surface area (Å²) in [4.78, 5) is 13.7. The zero-order valence-corrected chi connectivity index (χ0v) is 10.7. The molecule has 0 spiro atoms. The fourth-order valence-corrected chi connectivity index (χ4v) is 1.51. The maximum Gasteiger partial charge on any atom is 0.227 e. The molecule has 0 aliphatic heterocycles. The predicted molar refractivity (Wildman–Crippen MR) is 70.8 cm³/mol. The number of rotatable bonds is 4. The summed E-state index contributed by atoms with van der Waals surface area (Å²) in [7, 11) is 1.64. The molecule has 4 nitrogen and oxygen atoms in total. The summed E-state index contributed by atoms with van der Waals surface area (Å²) in [5, 5.41) is 9.57. The van der Waals surface area contributed by atoms with E-state index in [1.54, 1.807) is 38.2 Å². The zero-order valence-electron chi connectivity index (χ0n) is 9.88. The van der Waals surface area contributed by atoms with E-state index >= 15 is 0 Å². The van der Waals surface area contributed by atoms with Crippen LogP contribution in [0.5, 0.6) is 5.75 Å². The van der Waals surface area contributed by atoms with Gasteiger partial charge in [-0.1, -0.05) is 30.4 Å². The largest absolute Gasteiger partial charge is 0.508 e. The lowest BCUT2D eigenvalue weighted by atomic mass is 10.1. The minimum Gasteiger partial charge on any atom is -0.508 e. The maximum atomic E-state index is 11.9. The second-order valence-corrected chi connectivity index (χ2v) is 4.36. The van der Waals surface area contributed by atoms with Crippen molar-refractivity contribution >= 4 is 23.1 Å². The monoisotopic (exact) mass is 252 g/mol. The van der Waals surface area contributed by atoms with Crippen LogP contribution in [-0.4, -0.2) is 34.0 Å². The smallest absolute Gasteiger partial charge is 0.227 e. The molecule has 1 aromatic rings. The Morgan fingerprint density at radius 3 is 2.65 bits per heavy atom. The van der Waals surface area contributed by atoms with E-state index in [9.17, 15) is 9.90 Å². The fraction of sp³-hybridized carbons (Fsp3) is 0.333. The summed E-state index contributed by atoms with van der Waals surface area (Å²) in [5.74, 6) is -0.0102. The van der Waals surface area contributed by atoms with E-state index in [0.717, 1.165) is 0 Å². The highest BCUT2D eigenvalue weighted by Crippen LogP contribution is 2.17. The molecule has 0 fully saturated rings. The molecule has 1 aromatic carbocycles. The minimum absolute atomic E-state index is 0.122. The number of hydrogen-bond acceptors (Lipinski definition) is 3. The summed E-state index contributed by atoms with van der Waals surface area (Å²) < 4.78 is 0. The molecular weight excluding hydrogens is 236 g/mol. The Hall–Kier alpha value is -1.62. The number of carbonyl (C=O) groups is 1. The highest BCUT2D eigenvalue weighted by molar-refractivity contribution is 7.80. The summed E-state index contributed by atoms with van der Waals surface area (Å²) in [6, 6.07) is 6.47. The first-order chi connectivity index (χ1) is 7.93. The Morgan fingerprint density at radius 1 is 1.53 bits per heavy atom. The number of thiocarbonyl (C=S) groups is 1. The molecule has 1 unspecified atom stereocenters. The summed E-state index contributed by atoms with van der Waals surface area (Å²) in [6.07, 6.45) is 0.135. The van der Waals surface area contributed by atoms with Crippen LogP contribution in [0.15, 0.2) is 24.3 Å². The molecule has 0 heterocycles. The quantitative estimate of drug-likeness (QED) is 0.787. The van der Waals surface area contributed by atoms with Crippen molar-refractivity contribution in [3.8, 4) is 5.75 Å². The van der Waals surface area contributed by atoms with Crippen molar-refractivity contribution in [2.45, 2.75) is 19.4 Å². The Balaban J connectivity index is 2.73. The van der Waals surface area contributed by atoms with Crippen molar-refractivity contribution < 1.29 is 9.90 Å². The Morgan fingerprint density at radius 2 is 2.12 bits per heavy atom. The van der Waals surface area contributed by atoms with Gasteiger partial charge in [0.15, 0.2) is 0 Å². The average Bonchev–Trinajstić information content (AvgIpc) is 2.30. The Labute approximate surface area is 106 Å². The van der Waals surface area contributed by atoms with Crippen LogP contribution in [0.25, 0.3) is 0 Å². The van der Waals surface area contributed by atoms with Gasteiger partial charge in [0.1, 0.15) is 5.75 Å². The third-order valence-electron chi connectivity index (χ3n) is 2.72. The molecule has 1 rings (SSSR count). The molecule has 0 radical (unpaired) electrons. The number of phenolic OH excluding ortho intramolecular Hbond substituents is 1. The van der Waals surface area contributed by atoms with Crippen LogP contribution in [0.2, 0.25) is 0 Å². The van der Waals surface area contributed by atoms with Gasteiger partial charge in [0.2, 0.25) is 5.91 Å². The normalized spacial score (nSPS) is 11.9. The van der Waals surface area contributed by atoms with Gasteiger partial charge in [-0.2, -0.15) is 0 Å². The number of amides is 1. The number of hydrogen-bond donors (Lipinski definition) is 2. The first-order valence-electron chi connectivity index (χ1n) is 5.25. The predicted octanol–water partition coefficient (Wildman–Crippen LogP) is 1.07. The SMILES string of the molecule is CC(C(N)=S)N(C)C(=O)Cc1ccccc1O. The molecule has 3 N–H and O–H groups in total. The van der Waals surface area contributed by atoms with E-state index in [0.29, 0.717) is 5.56 Å². The maximum absolute atomic E-state index is 11.9. The van der Waals surface area contributed by atoms with Crippen LogP contribution in [0, 0.1) is 0 Å². The van der Waals surface area contributed by atoms with Gasteiger partial charge in [-0.05, 0) is 13.0 Å². The lowest BCUT2D eigenvalue weighted by Gasteiger charge is -2.24. The van der Waals surface area contributed by atoms with E-state index in [1.807, 2.05) is 0 Å². The van der Waals surface area contributed by atoms with Gasteiger partial charge >= 0.3 is 0 Å². The molecule has 0 aliphatic carbocycles. The number of phenols is 1. The zero-order chi connectivity index (χ0) is 13.0. The number of likely N-dealkylation sites (N-methyl/N-ethyl adjacent to an activating group) is 1. The van der Waals surface area contributed by atoms with Crippen molar-refractivity contribution in [1.29, 1.82) is 0 Å². The highest BCUT2D eigenvalue weighted by atomic mass is 32.1. The van der Waals surface area contributed by atoms with E-state index in [2.05, 4.69) is 0 Å². The molecule has 0 aliphatic rings. The molecule has 0 bridgehead atoms. The molecule has 0 saturated carbocycles. The number of aromatic hydroxyl groups is 1. The lowest BCUT2D eigenvalue weighted by Crippen LogP contribution is -2.43. The topological polar surface area (TPSA) is 66.6 Å². The Kier molecular flexibility index (Phi) is 4.45. The average molecular weight is 252 g/mol. The molecular formula is C12H16N2O2S. The van der Waals surface area contributed by atoms with Crippen molar-refractivity contribution in [3.63, 3.8) is 0 Å². The van der Waals surface area contributed by atoms with Crippen LogP contribution in [0.4, 0.5) is 0 Å². The van der Waals surface area contributed by atoms with Crippen LogP contribution in [0.3, 0.4) is 0 Å². The molecule has 17 heavy (non-hydrogen) atoms. The van der Waals surface area contributed by atoms with Crippen LogP contribution >= 0.6 is 12.2 Å².